The minimum absolute atomic E-state index is 0.245. The number of nitriles is 1. The zero-order valence-corrected chi connectivity index (χ0v) is 18.0. The lowest BCUT2D eigenvalue weighted by Gasteiger charge is -2.34. The van der Waals surface area contributed by atoms with Gasteiger partial charge >= 0.3 is 5.97 Å². The van der Waals surface area contributed by atoms with Crippen molar-refractivity contribution in [1.82, 2.24) is 10.2 Å². The predicted molar refractivity (Wildman–Crippen MR) is 114 cm³/mol. The molecule has 0 amide bonds. The van der Waals surface area contributed by atoms with Crippen LogP contribution in [0.3, 0.4) is 0 Å². The zero-order chi connectivity index (χ0) is 21.6. The fourth-order valence-electron chi connectivity index (χ4n) is 3.71. The minimum Gasteiger partial charge on any atom is -0.482 e. The Kier molecular flexibility index (Phi) is 4.97. The molecule has 0 fully saturated rings. The molecular weight excluding hydrogens is 425 g/mol. The largest absolute Gasteiger partial charge is 0.482 e. The van der Waals surface area contributed by atoms with Crippen molar-refractivity contribution in [3.63, 3.8) is 0 Å². The summed E-state index contributed by atoms with van der Waals surface area (Å²) in [6, 6.07) is 10.7. The number of rotatable bonds is 3. The summed E-state index contributed by atoms with van der Waals surface area (Å²) < 4.78 is 11.5. The van der Waals surface area contributed by atoms with Crippen LogP contribution >= 0.6 is 23.2 Å². The van der Waals surface area contributed by atoms with E-state index in [1.165, 1.54) is 0 Å². The molecule has 1 aromatic heterocycles. The maximum atomic E-state index is 12.4. The van der Waals surface area contributed by atoms with Gasteiger partial charge in [0.1, 0.15) is 17.0 Å². The van der Waals surface area contributed by atoms with Crippen molar-refractivity contribution in [1.29, 1.82) is 5.26 Å². The number of nitrogens with zero attached hydrogens (tertiary/aromatic N) is 2. The molecule has 1 aliphatic rings. The number of aromatic amines is 1. The van der Waals surface area contributed by atoms with Crippen LogP contribution in [0.5, 0.6) is 5.75 Å². The van der Waals surface area contributed by atoms with E-state index in [2.05, 4.69) is 16.3 Å². The Hall–Kier alpha value is -3.01. The molecule has 0 radical (unpaired) electrons. The summed E-state index contributed by atoms with van der Waals surface area (Å²) in [6.45, 7) is 5.65. The molecule has 0 aliphatic carbocycles. The molecule has 1 N–H and O–H groups in total. The molecule has 8 heteroatoms. The van der Waals surface area contributed by atoms with Gasteiger partial charge in [-0.2, -0.15) is 10.4 Å². The molecule has 0 bridgehead atoms. The number of fused-ring (bicyclic) bond motifs is 3. The van der Waals surface area contributed by atoms with Crippen LogP contribution in [0.1, 0.15) is 42.4 Å². The first-order valence-electron chi connectivity index (χ1n) is 9.26. The Morgan fingerprint density at radius 3 is 2.67 bits per heavy atom. The topological polar surface area (TPSA) is 88.0 Å². The summed E-state index contributed by atoms with van der Waals surface area (Å²) in [7, 11) is 0. The van der Waals surface area contributed by atoms with E-state index in [0.29, 0.717) is 49.3 Å². The average Bonchev–Trinajstić information content (AvgIpc) is 3.14. The second-order valence-electron chi connectivity index (χ2n) is 7.26. The van der Waals surface area contributed by atoms with Crippen LogP contribution in [0, 0.1) is 11.3 Å². The molecule has 6 nitrogen and oxygen atoms in total. The van der Waals surface area contributed by atoms with Gasteiger partial charge in [0, 0.05) is 21.7 Å². The fourth-order valence-corrected chi connectivity index (χ4v) is 4.21. The fraction of sp³-hybridized carbons (Fsp3) is 0.227. The third-order valence-corrected chi connectivity index (χ3v) is 5.49. The monoisotopic (exact) mass is 441 g/mol. The van der Waals surface area contributed by atoms with Gasteiger partial charge in [0.15, 0.2) is 5.69 Å². The van der Waals surface area contributed by atoms with Gasteiger partial charge in [-0.05, 0) is 45.0 Å². The Morgan fingerprint density at radius 2 is 2.00 bits per heavy atom. The summed E-state index contributed by atoms with van der Waals surface area (Å²) in [4.78, 5) is 12.4. The number of halogens is 2. The van der Waals surface area contributed by atoms with Gasteiger partial charge in [-0.15, -0.1) is 0 Å². The Morgan fingerprint density at radius 1 is 1.27 bits per heavy atom. The van der Waals surface area contributed by atoms with Crippen molar-refractivity contribution in [2.45, 2.75) is 26.4 Å². The van der Waals surface area contributed by atoms with Gasteiger partial charge in [0.25, 0.3) is 0 Å². The predicted octanol–water partition coefficient (Wildman–Crippen LogP) is 5.73. The number of H-pyrrole nitrogens is 1. The summed E-state index contributed by atoms with van der Waals surface area (Å²) in [5, 5.41) is 17.8. The molecule has 0 atom stereocenters. The summed E-state index contributed by atoms with van der Waals surface area (Å²) in [5.41, 5.74) is 2.73. The zero-order valence-electron chi connectivity index (χ0n) is 16.5. The Labute approximate surface area is 183 Å². The Balaban J connectivity index is 2.01. The van der Waals surface area contributed by atoms with E-state index in [9.17, 15) is 10.1 Å². The first-order chi connectivity index (χ1) is 14.3. The second-order valence-corrected chi connectivity index (χ2v) is 8.10. The summed E-state index contributed by atoms with van der Waals surface area (Å²) >= 11 is 12.5. The normalized spacial score (nSPS) is 13.6. The molecule has 0 saturated heterocycles. The van der Waals surface area contributed by atoms with Crippen molar-refractivity contribution in [2.75, 3.05) is 6.61 Å². The van der Waals surface area contributed by atoms with Crippen molar-refractivity contribution >= 4 is 29.2 Å². The van der Waals surface area contributed by atoms with Gasteiger partial charge in [0.2, 0.25) is 0 Å². The van der Waals surface area contributed by atoms with Crippen LogP contribution in [-0.4, -0.2) is 22.8 Å². The smallest absolute Gasteiger partial charge is 0.356 e. The van der Waals surface area contributed by atoms with Crippen LogP contribution in [0.4, 0.5) is 0 Å². The molecular formula is C22H17Cl2N3O3. The average molecular weight is 442 g/mol. The van der Waals surface area contributed by atoms with Crippen LogP contribution < -0.4 is 4.74 Å². The highest BCUT2D eigenvalue weighted by atomic mass is 35.5. The lowest BCUT2D eigenvalue weighted by molar-refractivity contribution is 0.0500. The molecule has 0 saturated carbocycles. The molecule has 0 spiro atoms. The third kappa shape index (κ3) is 3.11. The highest BCUT2D eigenvalue weighted by Crippen LogP contribution is 2.51. The van der Waals surface area contributed by atoms with Gasteiger partial charge in [-0.25, -0.2) is 4.79 Å². The van der Waals surface area contributed by atoms with Crippen molar-refractivity contribution in [3.05, 3.63) is 57.2 Å². The van der Waals surface area contributed by atoms with Gasteiger partial charge < -0.3 is 9.47 Å². The van der Waals surface area contributed by atoms with Crippen LogP contribution in [0.25, 0.3) is 22.4 Å². The van der Waals surface area contributed by atoms with Gasteiger partial charge in [0.05, 0.1) is 28.8 Å². The molecule has 152 valence electrons. The summed E-state index contributed by atoms with van der Waals surface area (Å²) in [5.74, 6) is -0.0290. The number of carbonyl (C=O) groups excluding carboxylic acids is 1. The van der Waals surface area contributed by atoms with E-state index >= 15 is 0 Å². The summed E-state index contributed by atoms with van der Waals surface area (Å²) in [6.07, 6.45) is 0. The second kappa shape index (κ2) is 7.35. The number of hydrogen-bond donors (Lipinski definition) is 1. The lowest BCUT2D eigenvalue weighted by Crippen LogP contribution is -2.31. The van der Waals surface area contributed by atoms with E-state index in [-0.39, 0.29) is 12.3 Å². The number of nitrogens with one attached hydrogen (secondary N) is 1. The highest BCUT2D eigenvalue weighted by Gasteiger charge is 2.41. The van der Waals surface area contributed by atoms with Crippen molar-refractivity contribution in [2.24, 2.45) is 0 Å². The van der Waals surface area contributed by atoms with Crippen LogP contribution in [-0.2, 0) is 10.3 Å². The molecule has 0 unspecified atom stereocenters. The van der Waals surface area contributed by atoms with Gasteiger partial charge in [-0.3, -0.25) is 5.10 Å². The molecule has 1 aliphatic heterocycles. The number of ether oxygens (including phenoxy) is 2. The first-order valence-corrected chi connectivity index (χ1v) is 10.0. The number of carbonyl (C=O) groups is 1. The molecule has 2 heterocycles. The van der Waals surface area contributed by atoms with Crippen molar-refractivity contribution in [3.8, 4) is 34.2 Å². The molecule has 2 aromatic carbocycles. The van der Waals surface area contributed by atoms with Gasteiger partial charge in [-0.1, -0.05) is 29.3 Å². The van der Waals surface area contributed by atoms with E-state index < -0.39 is 11.6 Å². The standard InChI is InChI=1S/C22H17Cl2N3O3/c1-4-29-21(28)19-17-18(26-27-19)14-7-5-11(10-25)16(20(14)30-22(17,2)3)13-8-6-12(23)9-15(13)24/h5-9H,4H2,1-3H3,(H,26,27). The number of aromatic nitrogens is 2. The quantitative estimate of drug-likeness (QED) is 0.524. The maximum absolute atomic E-state index is 12.4. The number of hydrogen-bond acceptors (Lipinski definition) is 5. The Bertz CT molecular complexity index is 1230. The third-order valence-electron chi connectivity index (χ3n) is 4.94. The van der Waals surface area contributed by atoms with E-state index in [1.807, 2.05) is 13.8 Å². The van der Waals surface area contributed by atoms with Crippen LogP contribution in [0.2, 0.25) is 10.0 Å². The number of benzene rings is 2. The van der Waals surface area contributed by atoms with Crippen molar-refractivity contribution < 1.29 is 14.3 Å². The lowest BCUT2D eigenvalue weighted by atomic mass is 9.86. The minimum atomic E-state index is -0.918. The highest BCUT2D eigenvalue weighted by molar-refractivity contribution is 6.36. The number of esters is 1. The maximum Gasteiger partial charge on any atom is 0.356 e. The van der Waals surface area contributed by atoms with E-state index in [1.54, 1.807) is 37.3 Å². The molecule has 30 heavy (non-hydrogen) atoms. The van der Waals surface area contributed by atoms with Crippen LogP contribution in [0.15, 0.2) is 30.3 Å². The van der Waals surface area contributed by atoms with E-state index in [4.69, 9.17) is 32.7 Å². The molecule has 4 rings (SSSR count). The molecule has 3 aromatic rings. The SMILES string of the molecule is CCOC(=O)c1[nH]nc2c1C(C)(C)Oc1c-2ccc(C#N)c1-c1ccc(Cl)cc1Cl. The van der Waals surface area contributed by atoms with E-state index in [0.717, 1.165) is 0 Å². The first kappa shape index (κ1) is 20.3.